The van der Waals surface area contributed by atoms with Crippen LogP contribution in [0.15, 0.2) is 0 Å². The standard InChI is InChI=1S/C16H32N2/c1-12(2)17-11-9-16(17)13(3)6-7-14(4)18-10-8-15(18)5/h12-16H,6-11H2,1-5H3/t13?,14?,15?,16-/m1/s1. The van der Waals surface area contributed by atoms with Crippen molar-refractivity contribution in [3.05, 3.63) is 0 Å². The van der Waals surface area contributed by atoms with E-state index >= 15 is 0 Å². The van der Waals surface area contributed by atoms with E-state index in [0.717, 1.165) is 30.1 Å². The minimum atomic E-state index is 0.735. The van der Waals surface area contributed by atoms with Gasteiger partial charge in [0.2, 0.25) is 0 Å². The highest BCUT2D eigenvalue weighted by atomic mass is 15.2. The van der Waals surface area contributed by atoms with E-state index in [0.29, 0.717) is 0 Å². The Kier molecular flexibility index (Phi) is 4.71. The van der Waals surface area contributed by atoms with Crippen molar-refractivity contribution in [2.24, 2.45) is 5.92 Å². The molecule has 0 aromatic heterocycles. The maximum absolute atomic E-state index is 2.68. The number of likely N-dealkylation sites (tertiary alicyclic amines) is 2. The molecule has 0 saturated carbocycles. The van der Waals surface area contributed by atoms with Crippen LogP contribution in [0.5, 0.6) is 0 Å². The van der Waals surface area contributed by atoms with Gasteiger partial charge in [0.25, 0.3) is 0 Å². The van der Waals surface area contributed by atoms with Crippen LogP contribution in [0, 0.1) is 5.92 Å². The van der Waals surface area contributed by atoms with Crippen molar-refractivity contribution in [3.8, 4) is 0 Å². The Hall–Kier alpha value is -0.0800. The molecule has 2 fully saturated rings. The molecule has 2 heteroatoms. The summed E-state index contributed by atoms with van der Waals surface area (Å²) in [5.41, 5.74) is 0. The summed E-state index contributed by atoms with van der Waals surface area (Å²) >= 11 is 0. The number of hydrogen-bond donors (Lipinski definition) is 0. The highest BCUT2D eigenvalue weighted by Gasteiger charge is 2.34. The summed E-state index contributed by atoms with van der Waals surface area (Å²) in [6.07, 6.45) is 5.61. The monoisotopic (exact) mass is 252 g/mol. The van der Waals surface area contributed by atoms with Crippen molar-refractivity contribution in [1.82, 2.24) is 9.80 Å². The summed E-state index contributed by atoms with van der Waals surface area (Å²) in [6.45, 7) is 14.6. The van der Waals surface area contributed by atoms with Crippen LogP contribution >= 0.6 is 0 Å². The number of rotatable bonds is 6. The van der Waals surface area contributed by atoms with E-state index in [4.69, 9.17) is 0 Å². The molecule has 2 aliphatic heterocycles. The van der Waals surface area contributed by atoms with E-state index < -0.39 is 0 Å². The Morgan fingerprint density at radius 3 is 2.00 bits per heavy atom. The van der Waals surface area contributed by atoms with Gasteiger partial charge in [-0.05, 0) is 59.3 Å². The first-order chi connectivity index (χ1) is 8.50. The Morgan fingerprint density at radius 2 is 1.61 bits per heavy atom. The van der Waals surface area contributed by atoms with E-state index in [1.165, 1.54) is 38.8 Å². The van der Waals surface area contributed by atoms with E-state index in [9.17, 15) is 0 Å². The van der Waals surface area contributed by atoms with Gasteiger partial charge in [-0.15, -0.1) is 0 Å². The second-order valence-electron chi connectivity index (χ2n) is 6.97. The third kappa shape index (κ3) is 2.91. The van der Waals surface area contributed by atoms with Crippen LogP contribution in [0.4, 0.5) is 0 Å². The lowest BCUT2D eigenvalue weighted by molar-refractivity contribution is 0.0106. The van der Waals surface area contributed by atoms with Crippen LogP contribution in [0.1, 0.15) is 60.3 Å². The zero-order valence-corrected chi connectivity index (χ0v) is 13.0. The molecule has 0 bridgehead atoms. The quantitative estimate of drug-likeness (QED) is 0.715. The predicted molar refractivity (Wildman–Crippen MR) is 78.9 cm³/mol. The average molecular weight is 252 g/mol. The molecular weight excluding hydrogens is 220 g/mol. The van der Waals surface area contributed by atoms with Crippen molar-refractivity contribution in [2.75, 3.05) is 13.1 Å². The molecule has 0 spiro atoms. The lowest BCUT2D eigenvalue weighted by atomic mass is 9.85. The molecule has 2 aliphatic rings. The van der Waals surface area contributed by atoms with Gasteiger partial charge >= 0.3 is 0 Å². The fourth-order valence-corrected chi connectivity index (χ4v) is 3.73. The van der Waals surface area contributed by atoms with E-state index in [1.54, 1.807) is 0 Å². The molecule has 0 aromatic rings. The Morgan fingerprint density at radius 1 is 0.944 bits per heavy atom. The topological polar surface area (TPSA) is 6.48 Å². The molecule has 2 heterocycles. The molecule has 4 atom stereocenters. The lowest BCUT2D eigenvalue weighted by Gasteiger charge is -2.48. The van der Waals surface area contributed by atoms with Crippen molar-refractivity contribution < 1.29 is 0 Å². The van der Waals surface area contributed by atoms with Gasteiger partial charge in [-0.3, -0.25) is 9.80 Å². The van der Waals surface area contributed by atoms with Gasteiger partial charge in [0.15, 0.2) is 0 Å². The summed E-state index contributed by atoms with van der Waals surface area (Å²) in [4.78, 5) is 5.36. The van der Waals surface area contributed by atoms with Crippen molar-refractivity contribution in [2.45, 2.75) is 84.5 Å². The molecule has 0 N–H and O–H groups in total. The van der Waals surface area contributed by atoms with Crippen molar-refractivity contribution in [3.63, 3.8) is 0 Å². The van der Waals surface area contributed by atoms with Gasteiger partial charge in [0.1, 0.15) is 0 Å². The average Bonchev–Trinajstić information content (AvgIpc) is 2.21. The number of nitrogens with zero attached hydrogens (tertiary/aromatic N) is 2. The van der Waals surface area contributed by atoms with Crippen LogP contribution in [0.3, 0.4) is 0 Å². The van der Waals surface area contributed by atoms with Gasteiger partial charge in [-0.25, -0.2) is 0 Å². The first kappa shape index (κ1) is 14.3. The molecule has 0 radical (unpaired) electrons. The summed E-state index contributed by atoms with van der Waals surface area (Å²) in [7, 11) is 0. The molecule has 2 nitrogen and oxygen atoms in total. The second kappa shape index (κ2) is 5.92. The van der Waals surface area contributed by atoms with Gasteiger partial charge in [0.05, 0.1) is 0 Å². The largest absolute Gasteiger partial charge is 0.298 e. The van der Waals surface area contributed by atoms with Gasteiger partial charge in [0, 0.05) is 37.3 Å². The van der Waals surface area contributed by atoms with E-state index in [1.807, 2.05) is 0 Å². The number of hydrogen-bond acceptors (Lipinski definition) is 2. The zero-order valence-electron chi connectivity index (χ0n) is 13.0. The first-order valence-corrected chi connectivity index (χ1v) is 8.02. The highest BCUT2D eigenvalue weighted by molar-refractivity contribution is 4.89. The highest BCUT2D eigenvalue weighted by Crippen LogP contribution is 2.31. The predicted octanol–water partition coefficient (Wildman–Crippen LogP) is 3.37. The molecule has 2 saturated heterocycles. The van der Waals surface area contributed by atoms with Gasteiger partial charge in [-0.2, -0.15) is 0 Å². The van der Waals surface area contributed by atoms with E-state index in [2.05, 4.69) is 44.4 Å². The lowest BCUT2D eigenvalue weighted by Crippen LogP contribution is -2.54. The fourth-order valence-electron chi connectivity index (χ4n) is 3.73. The summed E-state index contributed by atoms with van der Waals surface area (Å²) < 4.78 is 0. The Balaban J connectivity index is 1.70. The summed E-state index contributed by atoms with van der Waals surface area (Å²) in [5, 5.41) is 0. The van der Waals surface area contributed by atoms with Crippen LogP contribution in [-0.2, 0) is 0 Å². The Bertz CT molecular complexity index is 264. The molecule has 0 amide bonds. The maximum atomic E-state index is 2.68. The van der Waals surface area contributed by atoms with Crippen LogP contribution < -0.4 is 0 Å². The van der Waals surface area contributed by atoms with Crippen molar-refractivity contribution in [1.29, 1.82) is 0 Å². The third-order valence-electron chi connectivity index (χ3n) is 5.41. The smallest absolute Gasteiger partial charge is 0.0136 e. The van der Waals surface area contributed by atoms with E-state index in [-0.39, 0.29) is 0 Å². The maximum Gasteiger partial charge on any atom is 0.0136 e. The minimum absolute atomic E-state index is 0.735. The fraction of sp³-hybridized carbons (Fsp3) is 1.00. The zero-order chi connectivity index (χ0) is 13.3. The Labute approximate surface area is 114 Å². The van der Waals surface area contributed by atoms with Gasteiger partial charge < -0.3 is 0 Å². The third-order valence-corrected chi connectivity index (χ3v) is 5.41. The van der Waals surface area contributed by atoms with Crippen LogP contribution in [-0.4, -0.2) is 47.1 Å². The van der Waals surface area contributed by atoms with Gasteiger partial charge in [-0.1, -0.05) is 6.92 Å². The summed E-state index contributed by atoms with van der Waals surface area (Å²) in [6, 6.07) is 3.24. The molecule has 0 aliphatic carbocycles. The second-order valence-corrected chi connectivity index (χ2v) is 6.97. The molecular formula is C16H32N2. The molecule has 2 rings (SSSR count). The molecule has 18 heavy (non-hydrogen) atoms. The first-order valence-electron chi connectivity index (χ1n) is 8.02. The molecule has 3 unspecified atom stereocenters. The summed E-state index contributed by atoms with van der Waals surface area (Å²) in [5.74, 6) is 0.875. The minimum Gasteiger partial charge on any atom is -0.298 e. The normalized spacial score (nSPS) is 33.0. The van der Waals surface area contributed by atoms with Crippen LogP contribution in [0.2, 0.25) is 0 Å². The molecule has 0 aromatic carbocycles. The SMILES string of the molecule is CC(CCC(C)N1CCC1C)[C@H]1CCN1C(C)C. The molecule has 106 valence electrons. The van der Waals surface area contributed by atoms with Crippen molar-refractivity contribution >= 4 is 0 Å². The van der Waals surface area contributed by atoms with Crippen LogP contribution in [0.25, 0.3) is 0 Å².